The van der Waals surface area contributed by atoms with Crippen molar-refractivity contribution in [1.82, 2.24) is 20.2 Å². The standard InChI is InChI=1S/C18H16BrN5O/c1-2-12-23(16-6-4-3-5-7-16)17(25)13-24-21-18(20-22-24)14-8-10-15(19)11-9-14/h2-11H,1,12-13H2. The number of tetrazole rings is 1. The van der Waals surface area contributed by atoms with Crippen LogP contribution in [0.15, 0.2) is 71.7 Å². The molecule has 0 atom stereocenters. The Morgan fingerprint density at radius 3 is 2.56 bits per heavy atom. The number of amides is 1. The monoisotopic (exact) mass is 397 g/mol. The Bertz CT molecular complexity index is 861. The van der Waals surface area contributed by atoms with E-state index in [4.69, 9.17) is 0 Å². The second-order valence-corrected chi connectivity index (χ2v) is 6.19. The molecular weight excluding hydrogens is 382 g/mol. The quantitative estimate of drug-likeness (QED) is 0.598. The Morgan fingerprint density at radius 1 is 1.16 bits per heavy atom. The molecule has 1 aromatic heterocycles. The van der Waals surface area contributed by atoms with Crippen LogP contribution >= 0.6 is 15.9 Å². The highest BCUT2D eigenvalue weighted by molar-refractivity contribution is 9.10. The van der Waals surface area contributed by atoms with Gasteiger partial charge in [0.05, 0.1) is 0 Å². The normalized spacial score (nSPS) is 10.4. The SMILES string of the molecule is C=CCN(C(=O)Cn1nnc(-c2ccc(Br)cc2)n1)c1ccccc1. The zero-order chi connectivity index (χ0) is 17.6. The summed E-state index contributed by atoms with van der Waals surface area (Å²) >= 11 is 3.39. The first-order valence-electron chi connectivity index (χ1n) is 7.67. The molecule has 0 aliphatic rings. The molecule has 0 aliphatic carbocycles. The molecule has 0 N–H and O–H groups in total. The van der Waals surface area contributed by atoms with E-state index in [2.05, 4.69) is 37.9 Å². The maximum Gasteiger partial charge on any atom is 0.250 e. The van der Waals surface area contributed by atoms with Crippen molar-refractivity contribution in [3.63, 3.8) is 0 Å². The summed E-state index contributed by atoms with van der Waals surface area (Å²) in [5.41, 5.74) is 1.65. The summed E-state index contributed by atoms with van der Waals surface area (Å²) < 4.78 is 0.974. The van der Waals surface area contributed by atoms with Gasteiger partial charge in [0.15, 0.2) is 0 Å². The van der Waals surface area contributed by atoms with Gasteiger partial charge in [-0.1, -0.05) is 40.2 Å². The smallest absolute Gasteiger partial charge is 0.250 e. The van der Waals surface area contributed by atoms with Crippen molar-refractivity contribution in [1.29, 1.82) is 0 Å². The molecule has 6 nitrogen and oxygen atoms in total. The van der Waals surface area contributed by atoms with Gasteiger partial charge in [-0.2, -0.15) is 4.80 Å². The molecule has 0 bridgehead atoms. The summed E-state index contributed by atoms with van der Waals surface area (Å²) in [5.74, 6) is 0.348. The number of rotatable bonds is 6. The lowest BCUT2D eigenvalue weighted by molar-refractivity contribution is -0.119. The van der Waals surface area contributed by atoms with Gasteiger partial charge in [0, 0.05) is 22.3 Å². The molecule has 0 aliphatic heterocycles. The fraction of sp³-hybridized carbons (Fsp3) is 0.111. The van der Waals surface area contributed by atoms with Crippen LogP contribution in [0.2, 0.25) is 0 Å². The van der Waals surface area contributed by atoms with Crippen LogP contribution in [0.3, 0.4) is 0 Å². The molecule has 3 rings (SSSR count). The molecule has 25 heavy (non-hydrogen) atoms. The second-order valence-electron chi connectivity index (χ2n) is 5.28. The van der Waals surface area contributed by atoms with Crippen LogP contribution in [0.25, 0.3) is 11.4 Å². The minimum atomic E-state index is -0.133. The molecule has 7 heteroatoms. The number of carbonyl (C=O) groups is 1. The number of benzene rings is 2. The van der Waals surface area contributed by atoms with Crippen LogP contribution in [0.4, 0.5) is 5.69 Å². The summed E-state index contributed by atoms with van der Waals surface area (Å²) in [7, 11) is 0. The Balaban J connectivity index is 1.76. The van der Waals surface area contributed by atoms with Crippen LogP contribution in [0, 0.1) is 0 Å². The topological polar surface area (TPSA) is 63.9 Å². The summed E-state index contributed by atoms with van der Waals surface area (Å²) in [4.78, 5) is 15.6. The first-order valence-corrected chi connectivity index (χ1v) is 8.47. The lowest BCUT2D eigenvalue weighted by atomic mass is 10.2. The van der Waals surface area contributed by atoms with Gasteiger partial charge in [-0.05, 0) is 41.6 Å². The van der Waals surface area contributed by atoms with Gasteiger partial charge in [-0.25, -0.2) is 0 Å². The third-order valence-corrected chi connectivity index (χ3v) is 4.04. The summed E-state index contributed by atoms with van der Waals surface area (Å²) in [6.45, 7) is 4.14. The predicted molar refractivity (Wildman–Crippen MR) is 99.9 cm³/mol. The number of halogens is 1. The zero-order valence-corrected chi connectivity index (χ0v) is 15.0. The van der Waals surface area contributed by atoms with Crippen molar-refractivity contribution in [2.24, 2.45) is 0 Å². The number of hydrogen-bond donors (Lipinski definition) is 0. The molecule has 0 unspecified atom stereocenters. The molecule has 0 radical (unpaired) electrons. The van der Waals surface area contributed by atoms with E-state index in [0.717, 1.165) is 15.7 Å². The van der Waals surface area contributed by atoms with Crippen LogP contribution < -0.4 is 4.90 Å². The highest BCUT2D eigenvalue weighted by Gasteiger charge is 2.16. The molecule has 0 fully saturated rings. The van der Waals surface area contributed by atoms with E-state index in [1.165, 1.54) is 4.80 Å². The molecular formula is C18H16BrN5O. The Morgan fingerprint density at radius 2 is 1.88 bits per heavy atom. The molecule has 0 spiro atoms. The lowest BCUT2D eigenvalue weighted by Crippen LogP contribution is -2.34. The predicted octanol–water partition coefficient (Wildman–Crippen LogP) is 3.32. The van der Waals surface area contributed by atoms with E-state index in [0.29, 0.717) is 12.4 Å². The molecule has 2 aromatic carbocycles. The van der Waals surface area contributed by atoms with Crippen molar-refractivity contribution in [2.75, 3.05) is 11.4 Å². The van der Waals surface area contributed by atoms with Crippen molar-refractivity contribution in [3.8, 4) is 11.4 Å². The largest absolute Gasteiger partial charge is 0.307 e. The van der Waals surface area contributed by atoms with Gasteiger partial charge in [0.25, 0.3) is 5.91 Å². The Hall–Kier alpha value is -2.80. The minimum absolute atomic E-state index is 0.00621. The maximum atomic E-state index is 12.6. The van der Waals surface area contributed by atoms with Crippen molar-refractivity contribution in [2.45, 2.75) is 6.54 Å². The molecule has 1 heterocycles. The highest BCUT2D eigenvalue weighted by atomic mass is 79.9. The Kier molecular flexibility index (Phi) is 5.35. The Labute approximate surface area is 153 Å². The van der Waals surface area contributed by atoms with Gasteiger partial charge in [0.2, 0.25) is 5.82 Å². The highest BCUT2D eigenvalue weighted by Crippen LogP contribution is 2.18. The number of hydrogen-bond acceptors (Lipinski definition) is 4. The third kappa shape index (κ3) is 4.19. The first-order chi connectivity index (χ1) is 12.2. The molecule has 3 aromatic rings. The lowest BCUT2D eigenvalue weighted by Gasteiger charge is -2.20. The van der Waals surface area contributed by atoms with Crippen molar-refractivity contribution in [3.05, 3.63) is 71.7 Å². The van der Waals surface area contributed by atoms with Crippen molar-refractivity contribution < 1.29 is 4.79 Å². The average Bonchev–Trinajstić information content (AvgIpc) is 3.09. The van der Waals surface area contributed by atoms with E-state index in [1.54, 1.807) is 11.0 Å². The molecule has 1 amide bonds. The number of anilines is 1. The minimum Gasteiger partial charge on any atom is -0.307 e. The van der Waals surface area contributed by atoms with Crippen LogP contribution in [0.1, 0.15) is 0 Å². The van der Waals surface area contributed by atoms with E-state index < -0.39 is 0 Å². The van der Waals surface area contributed by atoms with Crippen LogP contribution in [-0.4, -0.2) is 32.7 Å². The molecule has 0 saturated heterocycles. The summed E-state index contributed by atoms with van der Waals surface area (Å²) in [5, 5.41) is 12.3. The fourth-order valence-electron chi connectivity index (χ4n) is 2.32. The maximum absolute atomic E-state index is 12.6. The van der Waals surface area contributed by atoms with E-state index in [1.807, 2.05) is 54.6 Å². The number of para-hydroxylation sites is 1. The zero-order valence-electron chi connectivity index (χ0n) is 13.4. The summed E-state index contributed by atoms with van der Waals surface area (Å²) in [6.07, 6.45) is 1.69. The fourth-order valence-corrected chi connectivity index (χ4v) is 2.58. The number of nitrogens with zero attached hydrogens (tertiary/aromatic N) is 5. The third-order valence-electron chi connectivity index (χ3n) is 3.51. The van der Waals surface area contributed by atoms with E-state index in [-0.39, 0.29) is 12.5 Å². The second kappa shape index (κ2) is 7.85. The van der Waals surface area contributed by atoms with Crippen LogP contribution in [-0.2, 0) is 11.3 Å². The van der Waals surface area contributed by atoms with E-state index in [9.17, 15) is 4.79 Å². The number of carbonyl (C=O) groups excluding carboxylic acids is 1. The first kappa shape index (κ1) is 17.0. The van der Waals surface area contributed by atoms with Gasteiger partial charge >= 0.3 is 0 Å². The average molecular weight is 398 g/mol. The number of aromatic nitrogens is 4. The van der Waals surface area contributed by atoms with Crippen LogP contribution in [0.5, 0.6) is 0 Å². The van der Waals surface area contributed by atoms with Gasteiger partial charge in [0.1, 0.15) is 6.54 Å². The molecule has 0 saturated carbocycles. The van der Waals surface area contributed by atoms with Crippen molar-refractivity contribution >= 4 is 27.5 Å². The van der Waals surface area contributed by atoms with Gasteiger partial charge in [-0.3, -0.25) is 4.79 Å². The van der Waals surface area contributed by atoms with Gasteiger partial charge < -0.3 is 4.90 Å². The van der Waals surface area contributed by atoms with E-state index >= 15 is 0 Å². The van der Waals surface area contributed by atoms with Gasteiger partial charge in [-0.15, -0.1) is 16.8 Å². The molecule has 126 valence electrons. The summed E-state index contributed by atoms with van der Waals surface area (Å²) in [6, 6.07) is 17.0.